The third-order valence-electron chi connectivity index (χ3n) is 7.35. The second-order valence-corrected chi connectivity index (χ2v) is 12.0. The average molecular weight is 580 g/mol. The molecule has 0 fully saturated rings. The van der Waals surface area contributed by atoms with Crippen LogP contribution in [0.3, 0.4) is 0 Å². The van der Waals surface area contributed by atoms with Crippen LogP contribution in [0.25, 0.3) is 0 Å². The van der Waals surface area contributed by atoms with Crippen molar-refractivity contribution in [3.63, 3.8) is 0 Å². The Hall–Kier alpha value is -3.85. The molecule has 0 radical (unpaired) electrons. The molecule has 0 aliphatic heterocycles. The van der Waals surface area contributed by atoms with E-state index in [1.165, 1.54) is 17.0 Å². The smallest absolute Gasteiger partial charge is 0.264 e. The SMILES string of the molecule is CC[C@@H](C)NC(=O)[C@H](CC)N(Cc1ccc(OC)cc1)C(=O)CN(c1cccc(C)c1C)S(=O)(=O)c1ccccc1. The zero-order valence-electron chi connectivity index (χ0n) is 24.8. The monoisotopic (exact) mass is 579 g/mol. The van der Waals surface area contributed by atoms with Crippen LogP contribution >= 0.6 is 0 Å². The minimum Gasteiger partial charge on any atom is -0.497 e. The van der Waals surface area contributed by atoms with Gasteiger partial charge in [0.1, 0.15) is 18.3 Å². The molecule has 0 saturated heterocycles. The van der Waals surface area contributed by atoms with E-state index in [-0.39, 0.29) is 23.4 Å². The molecule has 0 saturated carbocycles. The van der Waals surface area contributed by atoms with E-state index in [0.717, 1.165) is 27.4 Å². The predicted octanol–water partition coefficient (Wildman–Crippen LogP) is 5.23. The van der Waals surface area contributed by atoms with Gasteiger partial charge in [-0.3, -0.25) is 13.9 Å². The molecule has 0 unspecified atom stereocenters. The second kappa shape index (κ2) is 14.2. The maximum atomic E-state index is 14.2. The van der Waals surface area contributed by atoms with Crippen LogP contribution in [0.5, 0.6) is 5.75 Å². The normalized spacial score (nSPS) is 12.7. The highest BCUT2D eigenvalue weighted by atomic mass is 32.2. The Bertz CT molecular complexity index is 1430. The van der Waals surface area contributed by atoms with E-state index >= 15 is 0 Å². The summed E-state index contributed by atoms with van der Waals surface area (Å²) in [5.41, 5.74) is 2.86. The molecule has 1 N–H and O–H groups in total. The number of carbonyl (C=O) groups is 2. The van der Waals surface area contributed by atoms with Crippen molar-refractivity contribution in [1.82, 2.24) is 10.2 Å². The predicted molar refractivity (Wildman–Crippen MR) is 162 cm³/mol. The molecule has 41 heavy (non-hydrogen) atoms. The summed E-state index contributed by atoms with van der Waals surface area (Å²) in [6.07, 6.45) is 1.10. The highest BCUT2D eigenvalue weighted by Gasteiger charge is 2.34. The summed E-state index contributed by atoms with van der Waals surface area (Å²) < 4.78 is 34.4. The number of rotatable bonds is 13. The number of carbonyl (C=O) groups excluding carboxylic acids is 2. The Morgan fingerprint density at radius 3 is 2.15 bits per heavy atom. The fourth-order valence-corrected chi connectivity index (χ4v) is 6.02. The number of anilines is 1. The van der Waals surface area contributed by atoms with E-state index in [2.05, 4.69) is 5.32 Å². The van der Waals surface area contributed by atoms with E-state index in [4.69, 9.17) is 4.74 Å². The summed E-state index contributed by atoms with van der Waals surface area (Å²) in [7, 11) is -2.54. The summed E-state index contributed by atoms with van der Waals surface area (Å²) in [5, 5.41) is 2.99. The van der Waals surface area contributed by atoms with E-state index in [0.29, 0.717) is 17.9 Å². The summed E-state index contributed by atoms with van der Waals surface area (Å²) in [6, 6.07) is 19.8. The molecule has 0 aliphatic rings. The molecule has 0 aliphatic carbocycles. The van der Waals surface area contributed by atoms with E-state index in [1.54, 1.807) is 49.6 Å². The molecule has 3 aromatic rings. The van der Waals surface area contributed by atoms with Gasteiger partial charge in [-0.25, -0.2) is 8.42 Å². The summed E-state index contributed by atoms with van der Waals surface area (Å²) in [6.45, 7) is 9.13. The number of amides is 2. The molecule has 3 aromatic carbocycles. The van der Waals surface area contributed by atoms with E-state index in [9.17, 15) is 18.0 Å². The van der Waals surface area contributed by atoms with Crippen LogP contribution in [0.2, 0.25) is 0 Å². The lowest BCUT2D eigenvalue weighted by atomic mass is 10.1. The molecule has 0 heterocycles. The van der Waals surface area contributed by atoms with Gasteiger partial charge < -0.3 is 15.0 Å². The van der Waals surface area contributed by atoms with Crippen molar-refractivity contribution in [3.8, 4) is 5.75 Å². The molecule has 2 amide bonds. The van der Waals surface area contributed by atoms with Gasteiger partial charge in [-0.1, -0.05) is 56.3 Å². The summed E-state index contributed by atoms with van der Waals surface area (Å²) >= 11 is 0. The van der Waals surface area contributed by atoms with Gasteiger partial charge in [0, 0.05) is 12.6 Å². The second-order valence-electron chi connectivity index (χ2n) is 10.2. The number of benzene rings is 3. The number of sulfonamides is 1. The van der Waals surface area contributed by atoms with Crippen LogP contribution in [-0.4, -0.2) is 50.9 Å². The molecule has 3 rings (SSSR count). The highest BCUT2D eigenvalue weighted by molar-refractivity contribution is 7.92. The third-order valence-corrected chi connectivity index (χ3v) is 9.13. The lowest BCUT2D eigenvalue weighted by Crippen LogP contribution is -2.53. The van der Waals surface area contributed by atoms with Crippen LogP contribution in [0.15, 0.2) is 77.7 Å². The Kier molecular flexibility index (Phi) is 10.9. The minimum atomic E-state index is -4.11. The van der Waals surface area contributed by atoms with Gasteiger partial charge in [0.05, 0.1) is 17.7 Å². The first-order valence-electron chi connectivity index (χ1n) is 13.9. The number of ether oxygens (including phenoxy) is 1. The highest BCUT2D eigenvalue weighted by Crippen LogP contribution is 2.29. The summed E-state index contributed by atoms with van der Waals surface area (Å²) in [4.78, 5) is 29.2. The standard InChI is InChI=1S/C32H41N3O5S/c1-7-24(4)33-32(37)29(8-2)34(21-26-17-19-27(40-6)20-18-26)31(36)22-35(30-16-12-13-23(3)25(30)5)41(38,39)28-14-10-9-11-15-28/h9-20,24,29H,7-8,21-22H2,1-6H3,(H,33,37)/t24-,29+/m1/s1. The Labute approximate surface area is 244 Å². The molecule has 0 bridgehead atoms. The summed E-state index contributed by atoms with van der Waals surface area (Å²) in [5.74, 6) is -0.0801. The van der Waals surface area contributed by atoms with E-state index < -0.39 is 28.5 Å². The molecule has 8 nitrogen and oxygen atoms in total. The Morgan fingerprint density at radius 1 is 0.902 bits per heavy atom. The maximum Gasteiger partial charge on any atom is 0.264 e. The first-order valence-corrected chi connectivity index (χ1v) is 15.3. The van der Waals surface area contributed by atoms with Crippen LogP contribution < -0.4 is 14.4 Å². The molecular weight excluding hydrogens is 538 g/mol. The molecule has 0 spiro atoms. The molecule has 0 aromatic heterocycles. The maximum absolute atomic E-state index is 14.2. The first kappa shape index (κ1) is 31.7. The molecular formula is C32H41N3O5S. The van der Waals surface area contributed by atoms with Gasteiger partial charge >= 0.3 is 0 Å². The molecule has 220 valence electrons. The Morgan fingerprint density at radius 2 is 1.56 bits per heavy atom. The van der Waals surface area contributed by atoms with Gasteiger partial charge in [0.2, 0.25) is 11.8 Å². The number of hydrogen-bond acceptors (Lipinski definition) is 5. The number of methoxy groups -OCH3 is 1. The van der Waals surface area contributed by atoms with Gasteiger partial charge in [0.25, 0.3) is 10.0 Å². The van der Waals surface area contributed by atoms with Gasteiger partial charge in [-0.15, -0.1) is 0 Å². The fraction of sp³-hybridized carbons (Fsp3) is 0.375. The van der Waals surface area contributed by atoms with Crippen molar-refractivity contribution >= 4 is 27.5 Å². The zero-order chi connectivity index (χ0) is 30.2. The van der Waals surface area contributed by atoms with Gasteiger partial charge in [-0.2, -0.15) is 0 Å². The van der Waals surface area contributed by atoms with Crippen molar-refractivity contribution in [2.75, 3.05) is 18.0 Å². The van der Waals surface area contributed by atoms with Crippen LogP contribution in [0, 0.1) is 13.8 Å². The fourth-order valence-electron chi connectivity index (χ4n) is 4.53. The van der Waals surface area contributed by atoms with Crippen LogP contribution in [0.4, 0.5) is 5.69 Å². The lowest BCUT2D eigenvalue weighted by molar-refractivity contribution is -0.140. The number of nitrogens with zero attached hydrogens (tertiary/aromatic N) is 2. The largest absolute Gasteiger partial charge is 0.497 e. The lowest BCUT2D eigenvalue weighted by Gasteiger charge is -2.34. The number of hydrogen-bond donors (Lipinski definition) is 1. The number of aryl methyl sites for hydroxylation is 1. The molecule has 9 heteroatoms. The van der Waals surface area contributed by atoms with E-state index in [1.807, 2.05) is 52.8 Å². The van der Waals surface area contributed by atoms with Crippen LogP contribution in [0.1, 0.15) is 50.3 Å². The molecule has 2 atom stereocenters. The zero-order valence-corrected chi connectivity index (χ0v) is 25.6. The van der Waals surface area contributed by atoms with Crippen molar-refractivity contribution in [3.05, 3.63) is 89.5 Å². The first-order chi connectivity index (χ1) is 19.5. The van der Waals surface area contributed by atoms with Crippen molar-refractivity contribution < 1.29 is 22.7 Å². The van der Waals surface area contributed by atoms with Crippen LogP contribution in [-0.2, 0) is 26.2 Å². The third kappa shape index (κ3) is 7.67. The van der Waals surface area contributed by atoms with Gasteiger partial charge in [0.15, 0.2) is 0 Å². The quantitative estimate of drug-likeness (QED) is 0.299. The Balaban J connectivity index is 2.08. The average Bonchev–Trinajstić information content (AvgIpc) is 2.97. The number of nitrogens with one attached hydrogen (secondary N) is 1. The topological polar surface area (TPSA) is 96.0 Å². The van der Waals surface area contributed by atoms with Crippen molar-refractivity contribution in [2.45, 2.75) is 71.0 Å². The minimum absolute atomic E-state index is 0.0700. The van der Waals surface area contributed by atoms with Gasteiger partial charge in [-0.05, 0) is 80.6 Å². The van der Waals surface area contributed by atoms with Crippen molar-refractivity contribution in [1.29, 1.82) is 0 Å². The van der Waals surface area contributed by atoms with Crippen molar-refractivity contribution in [2.24, 2.45) is 0 Å².